The predicted molar refractivity (Wildman–Crippen MR) is 263 cm³/mol. The summed E-state index contributed by atoms with van der Waals surface area (Å²) in [4.78, 5) is 44.7. The molecule has 6 atom stereocenters. The molecule has 1 heterocycles. The van der Waals surface area contributed by atoms with Crippen LogP contribution in [-0.4, -0.2) is 74.8 Å². The number of oxime groups is 1. The highest BCUT2D eigenvalue weighted by Crippen LogP contribution is 2.62. The predicted octanol–water partition coefficient (Wildman–Crippen LogP) is 10.7. The first-order chi connectivity index (χ1) is 33.4. The number of aliphatic hydroxyl groups excluding tert-OH is 2. The van der Waals surface area contributed by atoms with Gasteiger partial charge in [-0.1, -0.05) is 43.1 Å². The smallest absolute Gasteiger partial charge is 0.269 e. The molecule has 15 nitrogen and oxygen atoms in total. The molecule has 4 aromatic rings. The summed E-state index contributed by atoms with van der Waals surface area (Å²) in [5, 5.41) is 47.7. The van der Waals surface area contributed by atoms with E-state index in [-0.39, 0.29) is 67.9 Å². The molecule has 0 spiro atoms. The third-order valence-electron chi connectivity index (χ3n) is 13.6. The number of benzene rings is 4. The zero-order valence-corrected chi connectivity index (χ0v) is 39.5. The van der Waals surface area contributed by atoms with Crippen molar-refractivity contribution in [2.24, 2.45) is 22.9 Å². The van der Waals surface area contributed by atoms with Gasteiger partial charge in [-0.3, -0.25) is 25.0 Å². The van der Waals surface area contributed by atoms with Crippen LogP contribution in [0.25, 0.3) is 6.08 Å². The number of ether oxygens (including phenoxy) is 3. The number of amides is 1. The molecule has 69 heavy (non-hydrogen) atoms. The summed E-state index contributed by atoms with van der Waals surface area (Å²) in [5.74, 6) is -0.824. The molecule has 1 fully saturated rings. The van der Waals surface area contributed by atoms with Crippen LogP contribution in [0.4, 0.5) is 11.4 Å². The number of aryl methyl sites for hydroxylation is 2. The number of fused-ring (bicyclic) bond motifs is 2. The summed E-state index contributed by atoms with van der Waals surface area (Å²) < 4.78 is 21.1. The third kappa shape index (κ3) is 11.4. The number of hydrogen-bond acceptors (Lipinski definition) is 12. The molecule has 3 aliphatic rings. The van der Waals surface area contributed by atoms with Gasteiger partial charge in [-0.15, -0.1) is 6.58 Å². The highest BCUT2D eigenvalue weighted by Gasteiger charge is 2.65. The minimum Gasteiger partial charge on any atom is -0.459 e. The quantitative estimate of drug-likeness (QED) is 0.0236. The summed E-state index contributed by atoms with van der Waals surface area (Å²) in [6.07, 6.45) is 12.0. The lowest BCUT2D eigenvalue weighted by Gasteiger charge is -2.60. The van der Waals surface area contributed by atoms with Crippen molar-refractivity contribution < 1.29 is 43.9 Å². The third-order valence-corrected chi connectivity index (χ3v) is 13.6. The Bertz CT molecular complexity index is 2560. The fourth-order valence-electron chi connectivity index (χ4n) is 10.2. The van der Waals surface area contributed by atoms with Gasteiger partial charge in [0.25, 0.3) is 11.4 Å². The largest absolute Gasteiger partial charge is 0.459 e. The number of non-ortho nitro benzene ring substituents is 2. The molecule has 0 unspecified atom stereocenters. The van der Waals surface area contributed by atoms with E-state index in [1.165, 1.54) is 30.3 Å². The molecule has 364 valence electrons. The molecule has 0 bridgehead atoms. The lowest BCUT2D eigenvalue weighted by Crippen LogP contribution is -2.70. The summed E-state index contributed by atoms with van der Waals surface area (Å²) in [6, 6.07) is 23.1. The summed E-state index contributed by atoms with van der Waals surface area (Å²) in [6.45, 7) is 10.6. The van der Waals surface area contributed by atoms with E-state index in [9.17, 15) is 35.2 Å². The first kappa shape index (κ1) is 50.2. The van der Waals surface area contributed by atoms with Gasteiger partial charge in [-0.2, -0.15) is 0 Å². The van der Waals surface area contributed by atoms with Crippen molar-refractivity contribution >= 4 is 29.1 Å². The van der Waals surface area contributed by atoms with Crippen molar-refractivity contribution in [2.45, 2.75) is 96.5 Å². The lowest BCUT2D eigenvalue weighted by atomic mass is 9.55. The van der Waals surface area contributed by atoms with Crippen molar-refractivity contribution in [3.05, 3.63) is 163 Å². The first-order valence-electron chi connectivity index (χ1n) is 23.8. The van der Waals surface area contributed by atoms with E-state index < -0.39 is 27.6 Å². The fourth-order valence-corrected chi connectivity index (χ4v) is 10.2. The SMILES string of the molecule is C=CCO[C@@]12Oc3ccc(Oc4ccc(C)c(C)c4)cc3[C@H]3[C@H](CCCCO)[C@@H](CCCCO)C=C(C(=NOCc4ccc([N+](=O)[O-])cc4)C[C@@H]1N(CCC)C(=O)C=Cc1ccc([N+](=O)[O-])cc1)[C@H]32. The maximum Gasteiger partial charge on any atom is 0.269 e. The average molecular weight is 943 g/mol. The highest BCUT2D eigenvalue weighted by atomic mass is 16.7. The molecule has 4 aromatic carbocycles. The van der Waals surface area contributed by atoms with E-state index in [4.69, 9.17) is 24.2 Å². The van der Waals surface area contributed by atoms with Gasteiger partial charge in [0, 0.05) is 68.0 Å². The minimum atomic E-state index is -1.50. The van der Waals surface area contributed by atoms with Gasteiger partial charge in [-0.05, 0) is 146 Å². The number of carbonyl (C=O) groups excluding carboxylic acids is 1. The van der Waals surface area contributed by atoms with Gasteiger partial charge < -0.3 is 34.2 Å². The van der Waals surface area contributed by atoms with Crippen molar-refractivity contribution in [2.75, 3.05) is 26.4 Å². The summed E-state index contributed by atoms with van der Waals surface area (Å²) >= 11 is 0. The van der Waals surface area contributed by atoms with Crippen molar-refractivity contribution in [1.82, 2.24) is 4.90 Å². The Balaban J connectivity index is 1.41. The number of allylic oxidation sites excluding steroid dienone is 1. The normalized spacial score (nSPS) is 22.0. The van der Waals surface area contributed by atoms with E-state index in [2.05, 4.69) is 19.6 Å². The Morgan fingerprint density at radius 2 is 1.57 bits per heavy atom. The van der Waals surface area contributed by atoms with Crippen LogP contribution in [0, 0.1) is 51.8 Å². The Hall–Kier alpha value is -6.68. The van der Waals surface area contributed by atoms with Gasteiger partial charge in [0.15, 0.2) is 0 Å². The zero-order valence-electron chi connectivity index (χ0n) is 39.5. The van der Waals surface area contributed by atoms with Gasteiger partial charge >= 0.3 is 0 Å². The monoisotopic (exact) mass is 942 g/mol. The van der Waals surface area contributed by atoms with Gasteiger partial charge in [-0.25, -0.2) is 0 Å². The molecule has 1 saturated carbocycles. The van der Waals surface area contributed by atoms with Crippen LogP contribution in [0.2, 0.25) is 0 Å². The van der Waals surface area contributed by atoms with Crippen LogP contribution in [0.3, 0.4) is 0 Å². The molecule has 0 aromatic heterocycles. The maximum absolute atomic E-state index is 14.9. The van der Waals surface area contributed by atoms with Gasteiger partial charge in [0.2, 0.25) is 11.7 Å². The van der Waals surface area contributed by atoms with E-state index >= 15 is 0 Å². The average Bonchev–Trinajstić information content (AvgIpc) is 3.34. The second kappa shape index (κ2) is 23.1. The van der Waals surface area contributed by atoms with Crippen molar-refractivity contribution in [1.29, 1.82) is 0 Å². The van der Waals surface area contributed by atoms with E-state index in [1.807, 2.05) is 50.2 Å². The highest BCUT2D eigenvalue weighted by molar-refractivity contribution is 6.03. The van der Waals surface area contributed by atoms with Crippen LogP contribution in [-0.2, 0) is 21.0 Å². The van der Waals surface area contributed by atoms with Crippen LogP contribution >= 0.6 is 0 Å². The molecule has 1 amide bonds. The molecule has 2 N–H and O–H groups in total. The lowest BCUT2D eigenvalue weighted by molar-refractivity contribution is -0.385. The van der Waals surface area contributed by atoms with Gasteiger partial charge in [0.05, 0.1) is 28.1 Å². The molecule has 0 saturated heterocycles. The number of nitrogens with zero attached hydrogens (tertiary/aromatic N) is 4. The van der Waals surface area contributed by atoms with E-state index in [0.29, 0.717) is 59.9 Å². The minimum absolute atomic E-state index is 0.00620. The Morgan fingerprint density at radius 3 is 2.22 bits per heavy atom. The molecule has 7 rings (SSSR count). The van der Waals surface area contributed by atoms with Crippen LogP contribution in [0.15, 0.2) is 120 Å². The molecular weight excluding hydrogens is 881 g/mol. The maximum atomic E-state index is 14.9. The number of carbonyl (C=O) groups is 1. The number of aliphatic hydroxyl groups is 2. The Morgan fingerprint density at radius 1 is 0.899 bits per heavy atom. The first-order valence-corrected chi connectivity index (χ1v) is 23.8. The van der Waals surface area contributed by atoms with Crippen LogP contribution in [0.5, 0.6) is 17.2 Å². The Labute approximate surface area is 403 Å². The fraction of sp³-hybridized carbons (Fsp3) is 0.407. The molecule has 1 aliphatic heterocycles. The molecular formula is C54H62N4O11. The molecule has 0 radical (unpaired) electrons. The molecule has 15 heteroatoms. The summed E-state index contributed by atoms with van der Waals surface area (Å²) in [7, 11) is 0. The standard InChI is InChI=1S/C54H62N4O11/c1-5-27-56(51(61)26-18-38-14-19-41(20-15-38)57(62)63)50-34-48(55-67-35-39-16-21-42(22-17-39)58(64)65)46-32-40(11-7-9-28-59)45(12-8-10-29-60)52-47-33-44(68-43-23-13-36(3)37(4)31-43)24-25-49(47)69-54(50,53(46)52)66-30-6-2/h6,13-26,31-33,40,45,50,52-53,59-60H,2,5,7-12,27-30,34-35H2,1,3-4H3/t40-,45+,50-,52+,53+,54+/m0/s1. The molecule has 2 aliphatic carbocycles. The van der Waals surface area contributed by atoms with Crippen LogP contribution in [0.1, 0.15) is 92.0 Å². The van der Waals surface area contributed by atoms with Crippen LogP contribution < -0.4 is 9.47 Å². The van der Waals surface area contributed by atoms with E-state index in [0.717, 1.165) is 47.9 Å². The number of unbranched alkanes of at least 4 members (excludes halogenated alkanes) is 2. The van der Waals surface area contributed by atoms with Crippen molar-refractivity contribution in [3.8, 4) is 17.2 Å². The topological polar surface area (TPSA) is 196 Å². The number of nitro groups is 2. The second-order valence-electron chi connectivity index (χ2n) is 18.0. The van der Waals surface area contributed by atoms with E-state index in [1.54, 1.807) is 41.3 Å². The van der Waals surface area contributed by atoms with Crippen molar-refractivity contribution in [3.63, 3.8) is 0 Å². The number of rotatable bonds is 23. The summed E-state index contributed by atoms with van der Waals surface area (Å²) in [5.41, 5.74) is 5.77. The zero-order chi connectivity index (χ0) is 49.1. The number of nitro benzene ring substituents is 2. The number of hydrogen-bond donors (Lipinski definition) is 2. The Kier molecular flexibility index (Phi) is 16.8. The van der Waals surface area contributed by atoms with Gasteiger partial charge in [0.1, 0.15) is 29.9 Å². The second-order valence-corrected chi connectivity index (χ2v) is 18.0.